The highest BCUT2D eigenvalue weighted by Gasteiger charge is 2.30. The van der Waals surface area contributed by atoms with E-state index in [4.69, 9.17) is 0 Å². The molecule has 1 aliphatic rings. The van der Waals surface area contributed by atoms with Crippen molar-refractivity contribution >= 4 is 11.6 Å². The highest BCUT2D eigenvalue weighted by atomic mass is 16.2. The number of amides is 1. The molecule has 92 valence electrons. The van der Waals surface area contributed by atoms with Gasteiger partial charge in [0.15, 0.2) is 0 Å². The van der Waals surface area contributed by atoms with E-state index >= 15 is 0 Å². The molecule has 0 spiro atoms. The summed E-state index contributed by atoms with van der Waals surface area (Å²) < 4.78 is 0. The molecule has 1 fully saturated rings. The number of carbonyl (C=O) groups is 1. The Morgan fingerprint density at radius 3 is 2.88 bits per heavy atom. The fraction of sp³-hybridized carbons (Fsp3) is 0.500. The molecule has 0 radical (unpaired) electrons. The van der Waals surface area contributed by atoms with E-state index in [1.807, 2.05) is 17.0 Å². The van der Waals surface area contributed by atoms with Crippen LogP contribution in [0.15, 0.2) is 18.2 Å². The molecule has 1 aromatic carbocycles. The van der Waals surface area contributed by atoms with Gasteiger partial charge in [-0.3, -0.25) is 4.79 Å². The van der Waals surface area contributed by atoms with Crippen LogP contribution in [0.3, 0.4) is 0 Å². The molecule has 1 N–H and O–H groups in total. The minimum Gasteiger partial charge on any atom is -0.312 e. The maximum Gasteiger partial charge on any atom is 0.228 e. The number of hydrogen-bond donors (Lipinski definition) is 1. The van der Waals surface area contributed by atoms with Crippen LogP contribution < -0.4 is 10.2 Å². The smallest absolute Gasteiger partial charge is 0.228 e. The van der Waals surface area contributed by atoms with Gasteiger partial charge in [-0.25, -0.2) is 0 Å². The number of aryl methyl sites for hydroxylation is 1. The minimum atomic E-state index is 0.227. The van der Waals surface area contributed by atoms with Crippen molar-refractivity contribution in [3.63, 3.8) is 0 Å². The summed E-state index contributed by atoms with van der Waals surface area (Å²) in [6.07, 6.45) is 0.612. The zero-order valence-electron chi connectivity index (χ0n) is 10.8. The van der Waals surface area contributed by atoms with Gasteiger partial charge in [-0.1, -0.05) is 19.1 Å². The zero-order valence-corrected chi connectivity index (χ0v) is 10.8. The highest BCUT2D eigenvalue weighted by molar-refractivity contribution is 5.97. The third kappa shape index (κ3) is 2.34. The van der Waals surface area contributed by atoms with Crippen molar-refractivity contribution in [2.45, 2.75) is 33.2 Å². The largest absolute Gasteiger partial charge is 0.312 e. The molecule has 1 aromatic rings. The van der Waals surface area contributed by atoms with Crippen molar-refractivity contribution in [2.24, 2.45) is 0 Å². The number of nitrogens with zero attached hydrogens (tertiary/aromatic N) is 1. The molecule has 3 nitrogen and oxygen atoms in total. The Morgan fingerprint density at radius 1 is 1.41 bits per heavy atom. The second kappa shape index (κ2) is 4.88. The van der Waals surface area contributed by atoms with E-state index in [0.29, 0.717) is 12.5 Å². The molecule has 1 heterocycles. The molecule has 0 saturated carbocycles. The Morgan fingerprint density at radius 2 is 2.18 bits per heavy atom. The van der Waals surface area contributed by atoms with Gasteiger partial charge in [0, 0.05) is 24.7 Å². The van der Waals surface area contributed by atoms with E-state index < -0.39 is 0 Å². The molecular formula is C14H20N2O. The molecular weight excluding hydrogens is 212 g/mol. The highest BCUT2D eigenvalue weighted by Crippen LogP contribution is 2.26. The lowest BCUT2D eigenvalue weighted by Gasteiger charge is -2.20. The van der Waals surface area contributed by atoms with Gasteiger partial charge in [0.25, 0.3) is 0 Å². The van der Waals surface area contributed by atoms with Gasteiger partial charge in [0.2, 0.25) is 5.91 Å². The minimum absolute atomic E-state index is 0.227. The van der Waals surface area contributed by atoms with Gasteiger partial charge < -0.3 is 10.2 Å². The van der Waals surface area contributed by atoms with Crippen LogP contribution in [0.25, 0.3) is 0 Å². The Labute approximate surface area is 103 Å². The van der Waals surface area contributed by atoms with Crippen LogP contribution in [-0.4, -0.2) is 25.0 Å². The van der Waals surface area contributed by atoms with Crippen molar-refractivity contribution in [1.82, 2.24) is 5.32 Å². The molecule has 17 heavy (non-hydrogen) atoms. The number of hydrogen-bond acceptors (Lipinski definition) is 2. The molecule has 0 bridgehead atoms. The lowest BCUT2D eigenvalue weighted by molar-refractivity contribution is -0.117. The van der Waals surface area contributed by atoms with Gasteiger partial charge >= 0.3 is 0 Å². The molecule has 0 aliphatic carbocycles. The fourth-order valence-electron chi connectivity index (χ4n) is 2.39. The fourth-order valence-corrected chi connectivity index (χ4v) is 2.39. The average Bonchev–Trinajstić information content (AvgIpc) is 2.64. The number of anilines is 1. The van der Waals surface area contributed by atoms with Gasteiger partial charge in [-0.05, 0) is 37.6 Å². The van der Waals surface area contributed by atoms with Crippen molar-refractivity contribution < 1.29 is 4.79 Å². The summed E-state index contributed by atoms with van der Waals surface area (Å²) in [6.45, 7) is 7.94. The van der Waals surface area contributed by atoms with Crippen LogP contribution in [0.2, 0.25) is 0 Å². The molecule has 1 aliphatic heterocycles. The van der Waals surface area contributed by atoms with Crippen LogP contribution in [-0.2, 0) is 4.79 Å². The summed E-state index contributed by atoms with van der Waals surface area (Å²) in [5.41, 5.74) is 3.51. The lowest BCUT2D eigenvalue weighted by Crippen LogP contribution is -2.32. The Kier molecular flexibility index (Phi) is 3.48. The number of carbonyl (C=O) groups excluding carboxylic acids is 1. The standard InChI is InChI=1S/C14H20N2O/c1-4-15-12-8-14(17)16(9-12)13-7-5-6-10(2)11(13)3/h5-7,12,15H,4,8-9H2,1-3H3. The first kappa shape index (κ1) is 12.1. The average molecular weight is 232 g/mol. The predicted molar refractivity (Wildman–Crippen MR) is 70.4 cm³/mol. The van der Waals surface area contributed by atoms with E-state index in [9.17, 15) is 4.79 Å². The summed E-state index contributed by atoms with van der Waals surface area (Å²) in [6, 6.07) is 6.44. The second-order valence-corrected chi connectivity index (χ2v) is 4.68. The lowest BCUT2D eigenvalue weighted by atomic mass is 10.1. The summed E-state index contributed by atoms with van der Waals surface area (Å²) in [4.78, 5) is 13.9. The maximum atomic E-state index is 12.0. The zero-order chi connectivity index (χ0) is 12.4. The Balaban J connectivity index is 2.23. The molecule has 1 unspecified atom stereocenters. The van der Waals surface area contributed by atoms with Crippen LogP contribution in [0, 0.1) is 13.8 Å². The number of rotatable bonds is 3. The molecule has 1 atom stereocenters. The molecule has 1 saturated heterocycles. The molecule has 3 heteroatoms. The number of benzene rings is 1. The van der Waals surface area contributed by atoms with Crippen molar-refractivity contribution in [3.05, 3.63) is 29.3 Å². The predicted octanol–water partition coefficient (Wildman–Crippen LogP) is 2.02. The summed E-state index contributed by atoms with van der Waals surface area (Å²) in [7, 11) is 0. The Bertz CT molecular complexity index is 428. The van der Waals surface area contributed by atoms with E-state index in [0.717, 1.165) is 18.8 Å². The van der Waals surface area contributed by atoms with E-state index in [1.54, 1.807) is 0 Å². The first-order valence-corrected chi connectivity index (χ1v) is 6.23. The van der Waals surface area contributed by atoms with Gasteiger partial charge in [-0.2, -0.15) is 0 Å². The normalized spacial score (nSPS) is 20.1. The second-order valence-electron chi connectivity index (χ2n) is 4.68. The third-order valence-corrected chi connectivity index (χ3v) is 3.48. The first-order chi connectivity index (χ1) is 8.13. The SMILES string of the molecule is CCNC1CC(=O)N(c2cccc(C)c2C)C1. The third-order valence-electron chi connectivity index (χ3n) is 3.48. The van der Waals surface area contributed by atoms with E-state index in [1.165, 1.54) is 11.1 Å². The van der Waals surface area contributed by atoms with Crippen molar-refractivity contribution in [2.75, 3.05) is 18.0 Å². The monoisotopic (exact) mass is 232 g/mol. The van der Waals surface area contributed by atoms with Crippen LogP contribution in [0.5, 0.6) is 0 Å². The first-order valence-electron chi connectivity index (χ1n) is 6.23. The van der Waals surface area contributed by atoms with Crippen molar-refractivity contribution in [1.29, 1.82) is 0 Å². The summed E-state index contributed by atoms with van der Waals surface area (Å²) in [5.74, 6) is 0.227. The van der Waals surface area contributed by atoms with Crippen LogP contribution in [0.4, 0.5) is 5.69 Å². The van der Waals surface area contributed by atoms with Gasteiger partial charge in [-0.15, -0.1) is 0 Å². The van der Waals surface area contributed by atoms with Crippen molar-refractivity contribution in [3.8, 4) is 0 Å². The summed E-state index contributed by atoms with van der Waals surface area (Å²) >= 11 is 0. The van der Waals surface area contributed by atoms with Gasteiger partial charge in [0.1, 0.15) is 0 Å². The topological polar surface area (TPSA) is 32.3 Å². The van der Waals surface area contributed by atoms with Crippen LogP contribution in [0.1, 0.15) is 24.5 Å². The quantitative estimate of drug-likeness (QED) is 0.864. The maximum absolute atomic E-state index is 12.0. The molecule has 0 aromatic heterocycles. The van der Waals surface area contributed by atoms with E-state index in [-0.39, 0.29) is 5.91 Å². The molecule has 1 amide bonds. The summed E-state index contributed by atoms with van der Waals surface area (Å²) in [5, 5.41) is 3.35. The Hall–Kier alpha value is -1.35. The van der Waals surface area contributed by atoms with E-state index in [2.05, 4.69) is 32.2 Å². The van der Waals surface area contributed by atoms with Crippen LogP contribution >= 0.6 is 0 Å². The molecule has 2 rings (SSSR count). The van der Waals surface area contributed by atoms with Gasteiger partial charge in [0.05, 0.1) is 0 Å². The number of likely N-dealkylation sites (N-methyl/N-ethyl adjacent to an activating group) is 1. The number of nitrogens with one attached hydrogen (secondary N) is 1.